The molecule has 1 fully saturated rings. The Balaban J connectivity index is 1.58. The van der Waals surface area contributed by atoms with Crippen molar-refractivity contribution < 1.29 is 9.90 Å². The topological polar surface area (TPSA) is 72.5 Å². The van der Waals surface area contributed by atoms with Crippen molar-refractivity contribution in [2.45, 2.75) is 13.0 Å². The number of nitrogens with zero attached hydrogens (tertiary/aromatic N) is 3. The molecule has 1 saturated heterocycles. The first-order valence-corrected chi connectivity index (χ1v) is 8.84. The Kier molecular flexibility index (Phi) is 4.34. The van der Waals surface area contributed by atoms with Gasteiger partial charge in [-0.25, -0.2) is 4.98 Å². The summed E-state index contributed by atoms with van der Waals surface area (Å²) in [5, 5.41) is 10.9. The van der Waals surface area contributed by atoms with Gasteiger partial charge in [-0.05, 0) is 31.2 Å². The summed E-state index contributed by atoms with van der Waals surface area (Å²) < 4.78 is 0. The molecule has 2 N–H and O–H groups in total. The maximum atomic E-state index is 12.1. The molecule has 0 bridgehead atoms. The lowest BCUT2D eigenvalue weighted by Gasteiger charge is -2.38. The Morgan fingerprint density at radius 1 is 1.19 bits per heavy atom. The number of fused-ring (bicyclic) bond motifs is 1. The number of piperazine rings is 1. The van der Waals surface area contributed by atoms with Crippen LogP contribution in [-0.4, -0.2) is 52.1 Å². The largest absolute Gasteiger partial charge is 0.480 e. The minimum atomic E-state index is -0.807. The predicted octanol–water partition coefficient (Wildman–Crippen LogP) is 2.82. The minimum Gasteiger partial charge on any atom is -0.480 e. The predicted molar refractivity (Wildman–Crippen MR) is 101 cm³/mol. The number of H-pyrrole nitrogens is 1. The quantitative estimate of drug-likeness (QED) is 0.757. The van der Waals surface area contributed by atoms with E-state index in [-0.39, 0.29) is 0 Å². The summed E-state index contributed by atoms with van der Waals surface area (Å²) in [4.78, 5) is 24.0. The zero-order valence-electron chi connectivity index (χ0n) is 14.7. The SMILES string of the molecule is Cc1ccc2[nH]cc([C@@H](C(=O)O)N3CCN(c4ccccn4)CC3)c2c1. The fourth-order valence-corrected chi connectivity index (χ4v) is 3.72. The number of anilines is 1. The Labute approximate surface area is 152 Å². The third-order valence-electron chi connectivity index (χ3n) is 5.05. The molecule has 0 spiro atoms. The molecule has 4 rings (SSSR count). The van der Waals surface area contributed by atoms with Crippen LogP contribution >= 0.6 is 0 Å². The fourth-order valence-electron chi connectivity index (χ4n) is 3.72. The number of aliphatic carboxylic acids is 1. The highest BCUT2D eigenvalue weighted by molar-refractivity contribution is 5.89. The van der Waals surface area contributed by atoms with Gasteiger partial charge in [-0.15, -0.1) is 0 Å². The minimum absolute atomic E-state index is 0.642. The maximum Gasteiger partial charge on any atom is 0.325 e. The molecule has 0 amide bonds. The van der Waals surface area contributed by atoms with Gasteiger partial charge in [0.25, 0.3) is 0 Å². The number of rotatable bonds is 4. The molecule has 0 saturated carbocycles. The summed E-state index contributed by atoms with van der Waals surface area (Å²) in [6.45, 7) is 4.93. The van der Waals surface area contributed by atoms with Crippen molar-refractivity contribution in [3.05, 3.63) is 59.9 Å². The van der Waals surface area contributed by atoms with Gasteiger partial charge in [0.1, 0.15) is 11.9 Å². The third kappa shape index (κ3) is 3.04. The molecule has 3 aromatic rings. The monoisotopic (exact) mass is 350 g/mol. The molecule has 134 valence electrons. The number of hydrogen-bond acceptors (Lipinski definition) is 4. The van der Waals surface area contributed by atoms with Crippen molar-refractivity contribution >= 4 is 22.7 Å². The zero-order chi connectivity index (χ0) is 18.1. The molecular weight excluding hydrogens is 328 g/mol. The summed E-state index contributed by atoms with van der Waals surface area (Å²) in [7, 11) is 0. The number of benzene rings is 1. The molecule has 6 nitrogen and oxygen atoms in total. The second kappa shape index (κ2) is 6.80. The Morgan fingerprint density at radius 3 is 2.69 bits per heavy atom. The highest BCUT2D eigenvalue weighted by atomic mass is 16.4. The van der Waals surface area contributed by atoms with Crippen molar-refractivity contribution in [1.29, 1.82) is 0 Å². The van der Waals surface area contributed by atoms with Crippen LogP contribution in [0.15, 0.2) is 48.8 Å². The fraction of sp³-hybridized carbons (Fsp3) is 0.300. The summed E-state index contributed by atoms with van der Waals surface area (Å²) in [6.07, 6.45) is 3.63. The lowest BCUT2D eigenvalue weighted by atomic mass is 10.0. The number of nitrogens with one attached hydrogen (secondary N) is 1. The van der Waals surface area contributed by atoms with Gasteiger partial charge in [-0.3, -0.25) is 9.69 Å². The van der Waals surface area contributed by atoms with Gasteiger partial charge in [-0.1, -0.05) is 17.7 Å². The van der Waals surface area contributed by atoms with Gasteiger partial charge >= 0.3 is 5.97 Å². The first-order chi connectivity index (χ1) is 12.6. The second-order valence-corrected chi connectivity index (χ2v) is 6.74. The average Bonchev–Trinajstić information content (AvgIpc) is 3.06. The smallest absolute Gasteiger partial charge is 0.325 e. The molecule has 6 heteroatoms. The molecule has 3 heterocycles. The lowest BCUT2D eigenvalue weighted by Crippen LogP contribution is -2.49. The molecule has 1 aliphatic rings. The molecule has 1 aliphatic heterocycles. The van der Waals surface area contributed by atoms with Crippen LogP contribution in [0.5, 0.6) is 0 Å². The number of aromatic nitrogens is 2. The normalized spacial score (nSPS) is 16.7. The molecule has 1 aromatic carbocycles. The van der Waals surface area contributed by atoms with Crippen LogP contribution in [0, 0.1) is 6.92 Å². The van der Waals surface area contributed by atoms with Crippen molar-refractivity contribution in [3.63, 3.8) is 0 Å². The zero-order valence-corrected chi connectivity index (χ0v) is 14.7. The summed E-state index contributed by atoms with van der Waals surface area (Å²) in [6, 6.07) is 11.3. The molecule has 1 atom stereocenters. The summed E-state index contributed by atoms with van der Waals surface area (Å²) >= 11 is 0. The van der Waals surface area contributed by atoms with Gasteiger partial charge in [0.15, 0.2) is 0 Å². The Bertz CT molecular complexity index is 914. The number of aryl methyl sites for hydroxylation is 1. The van der Waals surface area contributed by atoms with Crippen LogP contribution in [-0.2, 0) is 4.79 Å². The number of carboxylic acid groups (broad SMARTS) is 1. The molecule has 0 radical (unpaired) electrons. The standard InChI is InChI=1S/C20H22N4O2/c1-14-5-6-17-15(12-14)16(13-22-17)19(20(25)26)24-10-8-23(9-11-24)18-4-2-3-7-21-18/h2-7,12-13,19,22H,8-11H2,1H3,(H,25,26)/t19-/m0/s1. The van der Waals surface area contributed by atoms with E-state index in [9.17, 15) is 9.90 Å². The Hall–Kier alpha value is -2.86. The first-order valence-electron chi connectivity index (χ1n) is 8.84. The summed E-state index contributed by atoms with van der Waals surface area (Å²) in [5.41, 5.74) is 2.94. The number of hydrogen-bond donors (Lipinski definition) is 2. The van der Waals surface area contributed by atoms with Gasteiger partial charge < -0.3 is 15.0 Å². The van der Waals surface area contributed by atoms with Crippen LogP contribution in [0.25, 0.3) is 10.9 Å². The van der Waals surface area contributed by atoms with Crippen molar-refractivity contribution in [1.82, 2.24) is 14.9 Å². The van der Waals surface area contributed by atoms with Crippen LogP contribution in [0.3, 0.4) is 0 Å². The molecule has 0 unspecified atom stereocenters. The summed E-state index contributed by atoms with van der Waals surface area (Å²) in [5.74, 6) is 0.139. The van der Waals surface area contributed by atoms with E-state index < -0.39 is 12.0 Å². The van der Waals surface area contributed by atoms with Crippen LogP contribution in [0.4, 0.5) is 5.82 Å². The highest BCUT2D eigenvalue weighted by Gasteiger charge is 2.32. The van der Waals surface area contributed by atoms with Gasteiger partial charge in [-0.2, -0.15) is 0 Å². The highest BCUT2D eigenvalue weighted by Crippen LogP contribution is 2.30. The lowest BCUT2D eigenvalue weighted by molar-refractivity contribution is -0.143. The molecular formula is C20H22N4O2. The van der Waals surface area contributed by atoms with Crippen LogP contribution < -0.4 is 4.90 Å². The van der Waals surface area contributed by atoms with Crippen LogP contribution in [0.2, 0.25) is 0 Å². The van der Waals surface area contributed by atoms with E-state index in [1.165, 1.54) is 0 Å². The second-order valence-electron chi connectivity index (χ2n) is 6.74. The van der Waals surface area contributed by atoms with Gasteiger partial charge in [0.05, 0.1) is 0 Å². The van der Waals surface area contributed by atoms with Gasteiger partial charge in [0, 0.05) is 55.0 Å². The third-order valence-corrected chi connectivity index (χ3v) is 5.05. The molecule has 26 heavy (non-hydrogen) atoms. The van der Waals surface area contributed by atoms with E-state index in [1.807, 2.05) is 48.4 Å². The van der Waals surface area contributed by atoms with E-state index in [4.69, 9.17) is 0 Å². The maximum absolute atomic E-state index is 12.1. The number of pyridine rings is 1. The average molecular weight is 350 g/mol. The van der Waals surface area contributed by atoms with Gasteiger partial charge in [0.2, 0.25) is 0 Å². The van der Waals surface area contributed by atoms with Crippen LogP contribution in [0.1, 0.15) is 17.2 Å². The first kappa shape index (κ1) is 16.6. The van der Waals surface area contributed by atoms with E-state index >= 15 is 0 Å². The molecule has 2 aromatic heterocycles. The Morgan fingerprint density at radius 2 is 2.00 bits per heavy atom. The van der Waals surface area contributed by atoms with E-state index in [0.717, 1.165) is 40.9 Å². The number of carbonyl (C=O) groups is 1. The van der Waals surface area contributed by atoms with Crippen molar-refractivity contribution in [2.75, 3.05) is 31.1 Å². The van der Waals surface area contributed by atoms with E-state index in [0.29, 0.717) is 13.1 Å². The van der Waals surface area contributed by atoms with Crippen molar-refractivity contribution in [3.8, 4) is 0 Å². The van der Waals surface area contributed by atoms with Crippen molar-refractivity contribution in [2.24, 2.45) is 0 Å². The number of aromatic amines is 1. The number of carboxylic acids is 1. The van der Waals surface area contributed by atoms with E-state index in [1.54, 1.807) is 6.20 Å². The molecule has 0 aliphatic carbocycles. The van der Waals surface area contributed by atoms with E-state index in [2.05, 4.69) is 20.9 Å².